The molecule has 0 unspecified atom stereocenters. The molecule has 5 nitrogen and oxygen atoms in total. The van der Waals surface area contributed by atoms with Gasteiger partial charge in [-0.1, -0.05) is 0 Å². The molecule has 0 aliphatic carbocycles. The Morgan fingerprint density at radius 2 is 2.18 bits per heavy atom. The lowest BCUT2D eigenvalue weighted by molar-refractivity contribution is -0.121. The van der Waals surface area contributed by atoms with Crippen molar-refractivity contribution in [2.45, 2.75) is 6.42 Å². The zero-order valence-corrected chi connectivity index (χ0v) is 12.0. The lowest BCUT2D eigenvalue weighted by Crippen LogP contribution is -2.42. The van der Waals surface area contributed by atoms with Crippen molar-refractivity contribution in [2.75, 3.05) is 12.0 Å². The van der Waals surface area contributed by atoms with Crippen LogP contribution in [0.15, 0.2) is 16.7 Å². The number of amides is 2. The minimum absolute atomic E-state index is 0.194. The molecule has 0 spiro atoms. The van der Waals surface area contributed by atoms with Crippen molar-refractivity contribution in [3.05, 3.63) is 22.4 Å². The molecule has 0 atom stereocenters. The summed E-state index contributed by atoms with van der Waals surface area (Å²) in [4.78, 5) is 23.0. The van der Waals surface area contributed by atoms with E-state index in [-0.39, 0.29) is 11.8 Å². The zero-order valence-electron chi connectivity index (χ0n) is 9.62. The molecular weight excluding hydrogens is 306 g/mol. The van der Waals surface area contributed by atoms with Gasteiger partial charge in [-0.15, -0.1) is 0 Å². The van der Waals surface area contributed by atoms with Gasteiger partial charge in [0, 0.05) is 29.9 Å². The van der Waals surface area contributed by atoms with Crippen LogP contribution in [0.2, 0.25) is 0 Å². The van der Waals surface area contributed by atoms with Gasteiger partial charge in [-0.05, 0) is 28.3 Å². The third-order valence-electron chi connectivity index (χ3n) is 2.05. The van der Waals surface area contributed by atoms with Crippen molar-refractivity contribution in [3.8, 4) is 0 Å². The number of nitrogens with one attached hydrogen (secondary N) is 2. The Balaban J connectivity index is 2.45. The van der Waals surface area contributed by atoms with Crippen molar-refractivity contribution in [1.29, 1.82) is 0 Å². The van der Waals surface area contributed by atoms with Crippen molar-refractivity contribution in [1.82, 2.24) is 15.4 Å². The molecule has 2 amide bonds. The maximum Gasteiger partial charge on any atom is 0.286 e. The Morgan fingerprint density at radius 1 is 1.47 bits per heavy atom. The van der Waals surface area contributed by atoms with Gasteiger partial charge in [-0.25, -0.2) is 0 Å². The molecule has 0 aliphatic heterocycles. The van der Waals surface area contributed by atoms with Gasteiger partial charge in [0.15, 0.2) is 0 Å². The first-order valence-corrected chi connectivity index (χ1v) is 7.13. The first-order valence-electron chi connectivity index (χ1n) is 4.94. The van der Waals surface area contributed by atoms with Crippen LogP contribution in [0.25, 0.3) is 0 Å². The maximum absolute atomic E-state index is 11.7. The van der Waals surface area contributed by atoms with E-state index in [4.69, 9.17) is 0 Å². The topological polar surface area (TPSA) is 63.1 Å². The fraction of sp³-hybridized carbons (Fsp3) is 0.400. The van der Waals surface area contributed by atoms with Gasteiger partial charge >= 0.3 is 0 Å². The van der Waals surface area contributed by atoms with Gasteiger partial charge in [0.1, 0.15) is 5.69 Å². The van der Waals surface area contributed by atoms with Gasteiger partial charge < -0.3 is 4.57 Å². The highest BCUT2D eigenvalue weighted by atomic mass is 79.9. The monoisotopic (exact) mass is 319 g/mol. The normalized spacial score (nSPS) is 10.1. The van der Waals surface area contributed by atoms with E-state index in [0.29, 0.717) is 12.1 Å². The number of aryl methyl sites for hydroxylation is 1. The molecule has 0 aromatic carbocycles. The number of rotatable bonds is 4. The summed E-state index contributed by atoms with van der Waals surface area (Å²) in [6.07, 6.45) is 4.08. The molecule has 1 aromatic heterocycles. The molecule has 1 heterocycles. The van der Waals surface area contributed by atoms with Gasteiger partial charge in [0.05, 0.1) is 0 Å². The van der Waals surface area contributed by atoms with Gasteiger partial charge in [-0.3, -0.25) is 20.4 Å². The third kappa shape index (κ3) is 4.43. The SMILES string of the molecule is CSCCC(=O)NNC(=O)c1cc(Br)cn1C. The fourth-order valence-electron chi connectivity index (χ4n) is 1.20. The number of thioether (sulfide) groups is 1. The third-order valence-corrected chi connectivity index (χ3v) is 3.10. The summed E-state index contributed by atoms with van der Waals surface area (Å²) in [7, 11) is 1.76. The Morgan fingerprint density at radius 3 is 2.71 bits per heavy atom. The van der Waals surface area contributed by atoms with Crippen LogP contribution in [0.5, 0.6) is 0 Å². The molecular formula is C10H14BrN3O2S. The Bertz CT molecular complexity index is 420. The summed E-state index contributed by atoms with van der Waals surface area (Å²) in [5.41, 5.74) is 5.22. The van der Waals surface area contributed by atoms with Crippen molar-refractivity contribution in [2.24, 2.45) is 7.05 Å². The number of hydrogen-bond donors (Lipinski definition) is 2. The lowest BCUT2D eigenvalue weighted by Gasteiger charge is -2.07. The number of carbonyl (C=O) groups is 2. The number of hydrazine groups is 1. The van der Waals surface area contributed by atoms with E-state index < -0.39 is 0 Å². The minimum atomic E-state index is -0.337. The van der Waals surface area contributed by atoms with Crippen LogP contribution in [0.3, 0.4) is 0 Å². The predicted octanol–water partition coefficient (Wildman–Crippen LogP) is 1.30. The number of carbonyl (C=O) groups excluding carboxylic acids is 2. The van der Waals surface area contributed by atoms with Gasteiger partial charge in [0.25, 0.3) is 5.91 Å². The lowest BCUT2D eigenvalue weighted by atomic mass is 10.4. The highest BCUT2D eigenvalue weighted by molar-refractivity contribution is 9.10. The quantitative estimate of drug-likeness (QED) is 0.822. The molecule has 0 radical (unpaired) electrons. The molecule has 17 heavy (non-hydrogen) atoms. The zero-order chi connectivity index (χ0) is 12.8. The molecule has 0 bridgehead atoms. The number of halogens is 1. The van der Waals surface area contributed by atoms with Crippen LogP contribution >= 0.6 is 27.7 Å². The summed E-state index contributed by atoms with van der Waals surface area (Å²) in [6.45, 7) is 0. The average Bonchev–Trinajstić information content (AvgIpc) is 2.62. The number of nitrogens with zero attached hydrogens (tertiary/aromatic N) is 1. The van der Waals surface area contributed by atoms with E-state index in [1.54, 1.807) is 35.6 Å². The van der Waals surface area contributed by atoms with E-state index in [1.165, 1.54) is 0 Å². The van der Waals surface area contributed by atoms with Gasteiger partial charge in [-0.2, -0.15) is 11.8 Å². The van der Waals surface area contributed by atoms with E-state index in [2.05, 4.69) is 26.8 Å². The van der Waals surface area contributed by atoms with Crippen LogP contribution in [0.1, 0.15) is 16.9 Å². The molecule has 0 saturated heterocycles. The Kier molecular flexibility index (Phi) is 5.57. The van der Waals surface area contributed by atoms with Crippen LogP contribution < -0.4 is 10.9 Å². The van der Waals surface area contributed by atoms with Crippen LogP contribution in [0, 0.1) is 0 Å². The van der Waals surface area contributed by atoms with Crippen molar-refractivity contribution < 1.29 is 9.59 Å². The summed E-state index contributed by atoms with van der Waals surface area (Å²) >= 11 is 4.86. The standard InChI is InChI=1S/C10H14BrN3O2S/c1-14-6-7(11)5-8(14)10(16)13-12-9(15)3-4-17-2/h5-6H,3-4H2,1-2H3,(H,12,15)(H,13,16). The second-order valence-electron chi connectivity index (χ2n) is 3.40. The highest BCUT2D eigenvalue weighted by Crippen LogP contribution is 2.13. The van der Waals surface area contributed by atoms with E-state index in [1.807, 2.05) is 6.26 Å². The smallest absolute Gasteiger partial charge is 0.286 e. The van der Waals surface area contributed by atoms with E-state index in [0.717, 1.165) is 10.2 Å². The van der Waals surface area contributed by atoms with Crippen LogP contribution in [-0.4, -0.2) is 28.4 Å². The second-order valence-corrected chi connectivity index (χ2v) is 5.30. The molecule has 7 heteroatoms. The first kappa shape index (κ1) is 14.1. The van der Waals surface area contributed by atoms with Gasteiger partial charge in [0.2, 0.25) is 5.91 Å². The molecule has 2 N–H and O–H groups in total. The number of hydrogen-bond acceptors (Lipinski definition) is 3. The molecule has 1 aromatic rings. The maximum atomic E-state index is 11.7. The summed E-state index contributed by atoms with van der Waals surface area (Å²) < 4.78 is 2.49. The second kappa shape index (κ2) is 6.70. The molecule has 1 rings (SSSR count). The van der Waals surface area contributed by atoms with Crippen LogP contribution in [-0.2, 0) is 11.8 Å². The Hall–Kier alpha value is -0.950. The molecule has 0 saturated carbocycles. The average molecular weight is 320 g/mol. The first-order chi connectivity index (χ1) is 8.04. The van der Waals surface area contributed by atoms with Crippen molar-refractivity contribution in [3.63, 3.8) is 0 Å². The minimum Gasteiger partial charge on any atom is -0.345 e. The molecule has 94 valence electrons. The molecule has 0 aliphatic rings. The van der Waals surface area contributed by atoms with E-state index in [9.17, 15) is 9.59 Å². The summed E-state index contributed by atoms with van der Waals surface area (Å²) in [6, 6.07) is 1.68. The van der Waals surface area contributed by atoms with E-state index >= 15 is 0 Å². The summed E-state index contributed by atoms with van der Waals surface area (Å²) in [5, 5.41) is 0. The predicted molar refractivity (Wildman–Crippen MR) is 71.7 cm³/mol. The van der Waals surface area contributed by atoms with Crippen LogP contribution in [0.4, 0.5) is 0 Å². The fourth-order valence-corrected chi connectivity index (χ4v) is 2.11. The Labute approximate surface area is 112 Å². The highest BCUT2D eigenvalue weighted by Gasteiger charge is 2.11. The summed E-state index contributed by atoms with van der Waals surface area (Å²) in [5.74, 6) is 0.203. The molecule has 0 fully saturated rings. The van der Waals surface area contributed by atoms with Crippen molar-refractivity contribution >= 4 is 39.5 Å². The largest absolute Gasteiger partial charge is 0.345 e. The number of aromatic nitrogens is 1.